The zero-order chi connectivity index (χ0) is 25.3. The highest BCUT2D eigenvalue weighted by molar-refractivity contribution is 7.89. The average Bonchev–Trinajstić information content (AvgIpc) is 2.72. The summed E-state index contributed by atoms with van der Waals surface area (Å²) in [5.41, 5.74) is -1.31. The van der Waals surface area contributed by atoms with Gasteiger partial charge in [0, 0.05) is 37.6 Å². The van der Waals surface area contributed by atoms with E-state index in [4.69, 9.17) is 0 Å². The summed E-state index contributed by atoms with van der Waals surface area (Å²) in [5.74, 6) is -0.578. The van der Waals surface area contributed by atoms with Crippen LogP contribution in [-0.2, 0) is 16.2 Å². The van der Waals surface area contributed by atoms with Gasteiger partial charge in [-0.05, 0) is 43.3 Å². The molecule has 1 atom stereocenters. The molecule has 1 aliphatic rings. The smallest absolute Gasteiger partial charge is 0.406 e. The van der Waals surface area contributed by atoms with Crippen molar-refractivity contribution in [3.63, 3.8) is 0 Å². The number of carbonyl (C=O) groups is 1. The molecule has 1 N–H and O–H groups in total. The average molecular weight is 512 g/mol. The zero-order valence-electron chi connectivity index (χ0n) is 17.4. The molecule has 0 saturated carbocycles. The molecule has 15 heteroatoms. The Morgan fingerprint density at radius 2 is 1.74 bits per heavy atom. The number of benzene rings is 1. The Morgan fingerprint density at radius 3 is 2.29 bits per heavy atom. The van der Waals surface area contributed by atoms with E-state index in [1.54, 1.807) is 0 Å². The number of halogens is 6. The highest BCUT2D eigenvalue weighted by Gasteiger charge is 2.36. The van der Waals surface area contributed by atoms with E-state index in [0.29, 0.717) is 6.07 Å². The number of piperazine rings is 1. The van der Waals surface area contributed by atoms with E-state index in [1.165, 1.54) is 17.9 Å². The molecule has 0 aliphatic carbocycles. The van der Waals surface area contributed by atoms with E-state index in [0.717, 1.165) is 34.8 Å². The first-order valence-corrected chi connectivity index (χ1v) is 11.1. The number of pyridine rings is 1. The highest BCUT2D eigenvalue weighted by atomic mass is 32.2. The molecule has 2 aromatic rings. The van der Waals surface area contributed by atoms with E-state index in [-0.39, 0.29) is 30.2 Å². The van der Waals surface area contributed by atoms with Crippen LogP contribution in [0.1, 0.15) is 12.6 Å². The predicted octanol–water partition coefficient (Wildman–Crippen LogP) is 3.93. The Morgan fingerprint density at radius 1 is 1.09 bits per heavy atom. The van der Waals surface area contributed by atoms with Crippen molar-refractivity contribution in [2.45, 2.75) is 30.4 Å². The third-order valence-corrected chi connectivity index (χ3v) is 6.85. The number of amides is 2. The quantitative estimate of drug-likeness (QED) is 0.627. The van der Waals surface area contributed by atoms with E-state index in [1.807, 2.05) is 0 Å². The molecule has 0 bridgehead atoms. The Balaban J connectivity index is 1.66. The first-order valence-electron chi connectivity index (χ1n) is 9.63. The second-order valence-electron chi connectivity index (χ2n) is 7.29. The van der Waals surface area contributed by atoms with Crippen molar-refractivity contribution in [3.05, 3.63) is 48.3 Å². The van der Waals surface area contributed by atoms with Gasteiger partial charge in [0.1, 0.15) is 11.4 Å². The summed E-state index contributed by atoms with van der Waals surface area (Å²) in [6.07, 6.45) is -8.71. The van der Waals surface area contributed by atoms with Gasteiger partial charge in [0.05, 0.1) is 4.90 Å². The number of carbonyl (C=O) groups excluding carboxylic acids is 1. The maximum absolute atomic E-state index is 12.9. The molecule has 34 heavy (non-hydrogen) atoms. The van der Waals surface area contributed by atoms with Crippen molar-refractivity contribution in [1.82, 2.24) is 14.2 Å². The van der Waals surface area contributed by atoms with Gasteiger partial charge in [0.25, 0.3) is 0 Å². The van der Waals surface area contributed by atoms with Crippen LogP contribution in [0.2, 0.25) is 0 Å². The maximum atomic E-state index is 12.9. The molecule has 8 nitrogen and oxygen atoms in total. The number of hydrogen-bond donors (Lipinski definition) is 1. The first kappa shape index (κ1) is 25.6. The summed E-state index contributed by atoms with van der Waals surface area (Å²) in [5, 5.41) is 2.33. The van der Waals surface area contributed by atoms with Gasteiger partial charge in [0.15, 0.2) is 0 Å². The fourth-order valence-electron chi connectivity index (χ4n) is 3.30. The van der Waals surface area contributed by atoms with Gasteiger partial charge in [-0.15, -0.1) is 13.2 Å². The number of urea groups is 1. The number of hydrogen-bond acceptors (Lipinski definition) is 5. The van der Waals surface area contributed by atoms with E-state index in [2.05, 4.69) is 15.0 Å². The van der Waals surface area contributed by atoms with Gasteiger partial charge in [-0.25, -0.2) is 13.2 Å². The van der Waals surface area contributed by atoms with Gasteiger partial charge in [-0.3, -0.25) is 4.98 Å². The molecule has 1 unspecified atom stereocenters. The third kappa shape index (κ3) is 6.08. The zero-order valence-corrected chi connectivity index (χ0v) is 18.2. The van der Waals surface area contributed by atoms with Gasteiger partial charge >= 0.3 is 18.6 Å². The Labute approximate surface area is 190 Å². The van der Waals surface area contributed by atoms with E-state index >= 15 is 0 Å². The van der Waals surface area contributed by atoms with Crippen LogP contribution in [0.15, 0.2) is 47.5 Å². The van der Waals surface area contributed by atoms with Crippen LogP contribution in [-0.4, -0.2) is 60.7 Å². The molecular formula is C19H18F6N4O4S. The summed E-state index contributed by atoms with van der Waals surface area (Å²) in [6, 6.07) is 4.11. The number of nitrogens with one attached hydrogen (secondary N) is 1. The van der Waals surface area contributed by atoms with Crippen LogP contribution in [0.3, 0.4) is 0 Å². The molecule has 1 saturated heterocycles. The maximum Gasteiger partial charge on any atom is 0.573 e. The minimum Gasteiger partial charge on any atom is -0.406 e. The molecule has 1 aliphatic heterocycles. The Kier molecular flexibility index (Phi) is 6.98. The van der Waals surface area contributed by atoms with E-state index in [9.17, 15) is 39.6 Å². The summed E-state index contributed by atoms with van der Waals surface area (Å²) in [7, 11) is -4.10. The van der Waals surface area contributed by atoms with Crippen LogP contribution in [0.4, 0.5) is 36.8 Å². The van der Waals surface area contributed by atoms with Crippen LogP contribution in [0, 0.1) is 0 Å². The molecule has 1 fully saturated rings. The second-order valence-corrected chi connectivity index (χ2v) is 9.18. The molecule has 2 heterocycles. The fraction of sp³-hybridized carbons (Fsp3) is 0.368. The van der Waals surface area contributed by atoms with Crippen LogP contribution in [0.5, 0.6) is 5.75 Å². The molecule has 1 aromatic carbocycles. The lowest BCUT2D eigenvalue weighted by atomic mass is 10.2. The molecule has 0 radical (unpaired) electrons. The Hall–Kier alpha value is -3.07. The number of aromatic nitrogens is 1. The first-order chi connectivity index (χ1) is 15.7. The SMILES string of the molecule is CC1CN(C(=O)Nc2ccnc(C(F)(F)F)c2)CCN1S(=O)(=O)c1ccc(OC(F)(F)F)cc1. The number of sulfonamides is 1. The number of alkyl halides is 6. The second kappa shape index (κ2) is 9.29. The topological polar surface area (TPSA) is 91.8 Å². The van der Waals surface area contributed by atoms with Crippen LogP contribution < -0.4 is 10.1 Å². The van der Waals surface area contributed by atoms with Crippen molar-refractivity contribution in [1.29, 1.82) is 0 Å². The molecule has 2 amide bonds. The minimum absolute atomic E-state index is 0.0676. The van der Waals surface area contributed by atoms with Crippen molar-refractivity contribution >= 4 is 21.7 Å². The third-order valence-electron chi connectivity index (χ3n) is 4.82. The summed E-state index contributed by atoms with van der Waals surface area (Å²) in [4.78, 5) is 16.7. The summed E-state index contributed by atoms with van der Waals surface area (Å²) >= 11 is 0. The van der Waals surface area contributed by atoms with Crippen molar-refractivity contribution < 1.29 is 44.3 Å². The van der Waals surface area contributed by atoms with Crippen molar-refractivity contribution in [3.8, 4) is 5.75 Å². The summed E-state index contributed by atoms with van der Waals surface area (Å²) < 4.78 is 106. The normalized spacial score (nSPS) is 18.0. The molecule has 0 spiro atoms. The number of ether oxygens (including phenoxy) is 1. The van der Waals surface area contributed by atoms with Crippen LogP contribution >= 0.6 is 0 Å². The lowest BCUT2D eigenvalue weighted by Gasteiger charge is -2.38. The molecule has 186 valence electrons. The summed E-state index contributed by atoms with van der Waals surface area (Å²) in [6.45, 7) is 1.24. The van der Waals surface area contributed by atoms with Crippen molar-refractivity contribution in [2.75, 3.05) is 25.0 Å². The van der Waals surface area contributed by atoms with Gasteiger partial charge in [-0.2, -0.15) is 17.5 Å². The number of nitrogens with zero attached hydrogens (tertiary/aromatic N) is 3. The fourth-order valence-corrected chi connectivity index (χ4v) is 4.91. The largest absolute Gasteiger partial charge is 0.573 e. The monoisotopic (exact) mass is 512 g/mol. The lowest BCUT2D eigenvalue weighted by molar-refractivity contribution is -0.274. The number of rotatable bonds is 4. The van der Waals surface area contributed by atoms with E-state index < -0.39 is 46.1 Å². The molecular weight excluding hydrogens is 494 g/mol. The van der Waals surface area contributed by atoms with Gasteiger partial charge in [0.2, 0.25) is 10.0 Å². The van der Waals surface area contributed by atoms with Crippen molar-refractivity contribution in [2.24, 2.45) is 0 Å². The van der Waals surface area contributed by atoms with Gasteiger partial charge < -0.3 is 15.0 Å². The highest BCUT2D eigenvalue weighted by Crippen LogP contribution is 2.29. The standard InChI is InChI=1S/C19H18F6N4O4S/c1-12-11-28(17(30)27-13-6-7-26-16(10-13)18(20,21)22)8-9-29(12)34(31,32)15-4-2-14(3-5-15)33-19(23,24)25/h2-7,10,12H,8-9,11H2,1H3,(H,26,27,30). The minimum atomic E-state index is -4.92. The number of anilines is 1. The molecule has 1 aromatic heterocycles. The lowest BCUT2D eigenvalue weighted by Crippen LogP contribution is -2.56. The van der Waals surface area contributed by atoms with Crippen LogP contribution in [0.25, 0.3) is 0 Å². The predicted molar refractivity (Wildman–Crippen MR) is 106 cm³/mol. The Bertz CT molecular complexity index is 1140. The molecule has 3 rings (SSSR count). The van der Waals surface area contributed by atoms with Gasteiger partial charge in [-0.1, -0.05) is 0 Å².